The number of hydrogen-bond donors (Lipinski definition) is 1. The van der Waals surface area contributed by atoms with Gasteiger partial charge in [-0.2, -0.15) is 13.2 Å². The van der Waals surface area contributed by atoms with Crippen LogP contribution in [0.4, 0.5) is 23.2 Å². The van der Waals surface area contributed by atoms with Gasteiger partial charge in [-0.05, 0) is 18.2 Å². The highest BCUT2D eigenvalue weighted by molar-refractivity contribution is 5.90. The van der Waals surface area contributed by atoms with E-state index in [1.54, 1.807) is 0 Å². The second-order valence-corrected chi connectivity index (χ2v) is 3.25. The van der Waals surface area contributed by atoms with Gasteiger partial charge in [-0.25, -0.2) is 9.18 Å². The Morgan fingerprint density at radius 1 is 1.33 bits per heavy atom. The molecule has 0 aromatic heterocycles. The predicted molar refractivity (Wildman–Crippen MR) is 53.1 cm³/mol. The fourth-order valence-corrected chi connectivity index (χ4v) is 1.03. The molecule has 2 N–H and O–H groups in total. The highest BCUT2D eigenvalue weighted by Crippen LogP contribution is 2.15. The van der Waals surface area contributed by atoms with E-state index in [4.69, 9.17) is 5.73 Å². The van der Waals surface area contributed by atoms with Crippen LogP contribution in [0.15, 0.2) is 18.2 Å². The monoisotopic (exact) mass is 267 g/mol. The van der Waals surface area contributed by atoms with Gasteiger partial charge in [0.25, 0.3) is 0 Å². The number of carbonyl (C=O) groups is 1. The molecule has 0 saturated heterocycles. The Morgan fingerprint density at radius 2 is 2.00 bits per heavy atom. The molecule has 8 heteroatoms. The molecule has 0 amide bonds. The summed E-state index contributed by atoms with van der Waals surface area (Å²) < 4.78 is 56.6. The van der Waals surface area contributed by atoms with Crippen molar-refractivity contribution in [3.63, 3.8) is 0 Å². The van der Waals surface area contributed by atoms with E-state index in [0.29, 0.717) is 0 Å². The molecule has 0 fully saturated rings. The van der Waals surface area contributed by atoms with Crippen molar-refractivity contribution in [2.45, 2.75) is 6.18 Å². The predicted octanol–water partition coefficient (Wildman–Crippen LogP) is 2.10. The van der Waals surface area contributed by atoms with E-state index >= 15 is 0 Å². The zero-order chi connectivity index (χ0) is 13.8. The average molecular weight is 267 g/mol. The number of nitrogen functional groups attached to an aromatic ring is 1. The molecule has 0 atom stereocenters. The first-order chi connectivity index (χ1) is 8.29. The molecule has 0 aliphatic heterocycles. The zero-order valence-electron chi connectivity index (χ0n) is 8.96. The number of carbonyl (C=O) groups excluding carboxylic acids is 1. The van der Waals surface area contributed by atoms with Crippen molar-refractivity contribution in [2.75, 3.05) is 19.1 Å². The molecule has 0 spiro atoms. The molecular formula is C10H9F4NO3. The Labute approximate surface area is 99.3 Å². The third-order valence-corrected chi connectivity index (χ3v) is 1.75. The first-order valence-electron chi connectivity index (χ1n) is 4.66. The molecule has 100 valence electrons. The van der Waals surface area contributed by atoms with Crippen molar-refractivity contribution < 1.29 is 31.8 Å². The topological polar surface area (TPSA) is 61.6 Å². The third-order valence-electron chi connectivity index (χ3n) is 1.75. The van der Waals surface area contributed by atoms with Gasteiger partial charge >= 0.3 is 12.1 Å². The largest absolute Gasteiger partial charge is 0.435 e. The van der Waals surface area contributed by atoms with E-state index in [-0.39, 0.29) is 5.69 Å². The number of nitrogens with two attached hydrogens (primary N) is 1. The first kappa shape index (κ1) is 14.2. The minimum atomic E-state index is -4.52. The minimum Gasteiger partial charge on any atom is -0.435 e. The van der Waals surface area contributed by atoms with Gasteiger partial charge in [0.2, 0.25) is 0 Å². The molecule has 1 aromatic rings. The van der Waals surface area contributed by atoms with Crippen molar-refractivity contribution in [3.8, 4) is 0 Å². The number of alkyl halides is 3. The summed E-state index contributed by atoms with van der Waals surface area (Å²) in [7, 11) is 0. The van der Waals surface area contributed by atoms with Gasteiger partial charge in [0, 0.05) is 5.69 Å². The molecule has 1 aromatic carbocycles. The lowest BCUT2D eigenvalue weighted by Gasteiger charge is -2.08. The smallest absolute Gasteiger partial charge is 0.411 e. The van der Waals surface area contributed by atoms with Crippen molar-refractivity contribution in [1.29, 1.82) is 0 Å². The maximum atomic E-state index is 13.2. The van der Waals surface area contributed by atoms with Crippen LogP contribution in [-0.2, 0) is 9.47 Å². The van der Waals surface area contributed by atoms with Crippen LogP contribution in [0.2, 0.25) is 0 Å². The fourth-order valence-electron chi connectivity index (χ4n) is 1.03. The van der Waals surface area contributed by atoms with Crippen LogP contribution in [0.1, 0.15) is 10.4 Å². The van der Waals surface area contributed by atoms with E-state index < -0.39 is 36.9 Å². The average Bonchev–Trinajstić information content (AvgIpc) is 2.22. The lowest BCUT2D eigenvalue weighted by Crippen LogP contribution is -2.19. The van der Waals surface area contributed by atoms with E-state index in [9.17, 15) is 22.4 Å². The van der Waals surface area contributed by atoms with Gasteiger partial charge in [0.05, 0.1) is 5.56 Å². The second-order valence-electron chi connectivity index (χ2n) is 3.25. The summed E-state index contributed by atoms with van der Waals surface area (Å²) in [6.07, 6.45) is -4.52. The maximum Gasteiger partial charge on any atom is 0.411 e. The standard InChI is InChI=1S/C10H9F4NO3/c11-8-3-6(15)1-2-7(8)9(16)18-5-17-4-10(12,13)14/h1-3H,4-5,15H2. The number of esters is 1. The summed E-state index contributed by atoms with van der Waals surface area (Å²) in [6, 6.07) is 3.22. The molecule has 0 unspecified atom stereocenters. The maximum absolute atomic E-state index is 13.2. The molecule has 0 saturated carbocycles. The third kappa shape index (κ3) is 4.58. The number of rotatable bonds is 4. The fraction of sp³-hybridized carbons (Fsp3) is 0.300. The molecular weight excluding hydrogens is 258 g/mol. The summed E-state index contributed by atoms with van der Waals surface area (Å²) in [5, 5.41) is 0. The van der Waals surface area contributed by atoms with Crippen LogP contribution in [0.3, 0.4) is 0 Å². The number of ether oxygens (including phenoxy) is 2. The Bertz CT molecular complexity index is 434. The molecule has 1 rings (SSSR count). The number of hydrogen-bond acceptors (Lipinski definition) is 4. The first-order valence-corrected chi connectivity index (χ1v) is 4.66. The van der Waals surface area contributed by atoms with Crippen LogP contribution >= 0.6 is 0 Å². The normalized spacial score (nSPS) is 11.3. The van der Waals surface area contributed by atoms with E-state index in [1.807, 2.05) is 0 Å². The van der Waals surface area contributed by atoms with Gasteiger partial charge < -0.3 is 15.2 Å². The number of anilines is 1. The Balaban J connectivity index is 2.46. The van der Waals surface area contributed by atoms with Crippen LogP contribution in [0.25, 0.3) is 0 Å². The number of benzene rings is 1. The summed E-state index contributed by atoms with van der Waals surface area (Å²) in [6.45, 7) is -2.47. The molecule has 0 bridgehead atoms. The van der Waals surface area contributed by atoms with Crippen molar-refractivity contribution in [2.24, 2.45) is 0 Å². The zero-order valence-corrected chi connectivity index (χ0v) is 8.96. The Kier molecular flexibility index (Phi) is 4.49. The van der Waals surface area contributed by atoms with Crippen LogP contribution < -0.4 is 5.73 Å². The summed E-state index contributed by atoms with van der Waals surface area (Å²) in [4.78, 5) is 11.2. The molecule has 0 aliphatic carbocycles. The summed E-state index contributed by atoms with van der Waals surface area (Å²) in [5.74, 6) is -2.05. The highest BCUT2D eigenvalue weighted by Gasteiger charge is 2.27. The molecule has 0 aliphatic rings. The highest BCUT2D eigenvalue weighted by atomic mass is 19.4. The van der Waals surface area contributed by atoms with Gasteiger partial charge in [-0.15, -0.1) is 0 Å². The lowest BCUT2D eigenvalue weighted by atomic mass is 10.2. The van der Waals surface area contributed by atoms with Crippen LogP contribution in [0.5, 0.6) is 0 Å². The number of halogens is 4. The molecule has 0 radical (unpaired) electrons. The van der Waals surface area contributed by atoms with Gasteiger partial charge in [0.1, 0.15) is 12.4 Å². The van der Waals surface area contributed by atoms with Crippen molar-refractivity contribution in [3.05, 3.63) is 29.6 Å². The van der Waals surface area contributed by atoms with E-state index in [2.05, 4.69) is 9.47 Å². The van der Waals surface area contributed by atoms with Gasteiger partial charge in [-0.1, -0.05) is 0 Å². The quantitative estimate of drug-likeness (QED) is 0.298. The summed E-state index contributed by atoms with van der Waals surface area (Å²) in [5.41, 5.74) is 4.93. The van der Waals surface area contributed by atoms with Crippen LogP contribution in [0, 0.1) is 5.82 Å². The van der Waals surface area contributed by atoms with E-state index in [0.717, 1.165) is 12.1 Å². The van der Waals surface area contributed by atoms with Crippen LogP contribution in [-0.4, -0.2) is 25.5 Å². The summed E-state index contributed by atoms with van der Waals surface area (Å²) >= 11 is 0. The Morgan fingerprint density at radius 3 is 2.56 bits per heavy atom. The lowest BCUT2D eigenvalue weighted by molar-refractivity contribution is -0.190. The molecule has 18 heavy (non-hydrogen) atoms. The second kappa shape index (κ2) is 5.67. The Hall–Kier alpha value is -1.83. The van der Waals surface area contributed by atoms with Gasteiger partial charge in [0.15, 0.2) is 6.79 Å². The minimum absolute atomic E-state index is 0.109. The molecule has 0 heterocycles. The SMILES string of the molecule is Nc1ccc(C(=O)OCOCC(F)(F)F)c(F)c1. The van der Waals surface area contributed by atoms with Crippen molar-refractivity contribution in [1.82, 2.24) is 0 Å². The van der Waals surface area contributed by atoms with Gasteiger partial charge in [-0.3, -0.25) is 0 Å². The van der Waals surface area contributed by atoms with E-state index in [1.165, 1.54) is 6.07 Å². The molecule has 4 nitrogen and oxygen atoms in total. The van der Waals surface area contributed by atoms with Crippen molar-refractivity contribution >= 4 is 11.7 Å².